The van der Waals surface area contributed by atoms with E-state index in [0.29, 0.717) is 24.6 Å². The zero-order chi connectivity index (χ0) is 21.5. The summed E-state index contributed by atoms with van der Waals surface area (Å²) in [5.74, 6) is 0.582. The van der Waals surface area contributed by atoms with Crippen LogP contribution in [0.25, 0.3) is 0 Å². The van der Waals surface area contributed by atoms with Crippen LogP contribution in [0.15, 0.2) is 34.5 Å². The van der Waals surface area contributed by atoms with Gasteiger partial charge < -0.3 is 4.90 Å². The van der Waals surface area contributed by atoms with Gasteiger partial charge in [0.15, 0.2) is 5.78 Å². The highest BCUT2D eigenvalue weighted by Gasteiger charge is 2.32. The third-order valence-corrected chi connectivity index (χ3v) is 9.02. The number of hydrogen-bond donors (Lipinski definition) is 0. The van der Waals surface area contributed by atoms with E-state index in [9.17, 15) is 18.0 Å². The molecule has 1 aromatic carbocycles. The standard InChI is InChI=1S/C22H26N2O4S2/c1-15-3-8-19-20(14-29-21(19)13-15)22(26)23-9-11-24(12-10-23)30(27,28)18-6-4-17(5-7-18)16(2)25/h4-7,14-15H,3,8-13H2,1-2H3/t15-/m0/s1. The van der Waals surface area contributed by atoms with Crippen LogP contribution in [0.2, 0.25) is 0 Å². The Morgan fingerprint density at radius 1 is 1.07 bits per heavy atom. The van der Waals surface area contributed by atoms with Crippen molar-refractivity contribution in [2.75, 3.05) is 26.2 Å². The minimum absolute atomic E-state index is 0.0184. The van der Waals surface area contributed by atoms with E-state index in [4.69, 9.17) is 0 Å². The van der Waals surface area contributed by atoms with Gasteiger partial charge in [0.25, 0.3) is 5.91 Å². The van der Waals surface area contributed by atoms with E-state index in [1.807, 2.05) is 5.38 Å². The Kier molecular flexibility index (Phi) is 5.83. The lowest BCUT2D eigenvalue weighted by Gasteiger charge is -2.34. The first-order valence-electron chi connectivity index (χ1n) is 10.3. The van der Waals surface area contributed by atoms with E-state index in [2.05, 4.69) is 6.92 Å². The molecule has 0 N–H and O–H groups in total. The third-order valence-electron chi connectivity index (χ3n) is 6.06. The van der Waals surface area contributed by atoms with Crippen LogP contribution in [0.4, 0.5) is 0 Å². The van der Waals surface area contributed by atoms with Gasteiger partial charge in [0.2, 0.25) is 10.0 Å². The monoisotopic (exact) mass is 446 g/mol. The van der Waals surface area contributed by atoms with Crippen molar-refractivity contribution in [3.63, 3.8) is 0 Å². The average Bonchev–Trinajstić information content (AvgIpc) is 3.16. The Morgan fingerprint density at radius 2 is 1.73 bits per heavy atom. The first-order chi connectivity index (χ1) is 14.3. The average molecular weight is 447 g/mol. The molecule has 2 aromatic rings. The Bertz CT molecular complexity index is 1070. The van der Waals surface area contributed by atoms with Gasteiger partial charge in [-0.3, -0.25) is 9.59 Å². The smallest absolute Gasteiger partial charge is 0.255 e. The number of ketones is 1. The van der Waals surface area contributed by atoms with Gasteiger partial charge in [0, 0.05) is 42.0 Å². The lowest BCUT2D eigenvalue weighted by molar-refractivity contribution is 0.0697. The zero-order valence-electron chi connectivity index (χ0n) is 17.3. The summed E-state index contributed by atoms with van der Waals surface area (Å²) < 4.78 is 27.3. The number of fused-ring (bicyclic) bond motifs is 1. The quantitative estimate of drug-likeness (QED) is 0.676. The first kappa shape index (κ1) is 21.2. The summed E-state index contributed by atoms with van der Waals surface area (Å²) in [5.41, 5.74) is 2.49. The van der Waals surface area contributed by atoms with Crippen LogP contribution in [0.5, 0.6) is 0 Å². The molecule has 1 amide bonds. The summed E-state index contributed by atoms with van der Waals surface area (Å²) in [5, 5.41) is 1.98. The molecule has 1 aliphatic carbocycles. The van der Waals surface area contributed by atoms with Crippen LogP contribution in [0.3, 0.4) is 0 Å². The van der Waals surface area contributed by atoms with E-state index in [0.717, 1.165) is 24.8 Å². The van der Waals surface area contributed by atoms with Crippen LogP contribution < -0.4 is 0 Å². The van der Waals surface area contributed by atoms with E-state index in [1.54, 1.807) is 16.2 Å². The molecule has 1 atom stereocenters. The molecule has 0 radical (unpaired) electrons. The summed E-state index contributed by atoms with van der Waals surface area (Å²) in [6.07, 6.45) is 3.10. The van der Waals surface area contributed by atoms with E-state index in [-0.39, 0.29) is 29.7 Å². The van der Waals surface area contributed by atoms with Gasteiger partial charge in [0.1, 0.15) is 0 Å². The van der Waals surface area contributed by atoms with Gasteiger partial charge in [-0.2, -0.15) is 4.31 Å². The van der Waals surface area contributed by atoms with Crippen LogP contribution in [0, 0.1) is 5.92 Å². The summed E-state index contributed by atoms with van der Waals surface area (Å²) in [7, 11) is -3.64. The van der Waals surface area contributed by atoms with E-state index < -0.39 is 10.0 Å². The van der Waals surface area contributed by atoms with Crippen molar-refractivity contribution in [3.05, 3.63) is 51.2 Å². The number of hydrogen-bond acceptors (Lipinski definition) is 5. The van der Waals surface area contributed by atoms with Crippen molar-refractivity contribution < 1.29 is 18.0 Å². The molecule has 1 aliphatic heterocycles. The number of thiophene rings is 1. The van der Waals surface area contributed by atoms with E-state index >= 15 is 0 Å². The molecule has 2 aliphatic rings. The van der Waals surface area contributed by atoms with Gasteiger partial charge in [-0.25, -0.2) is 8.42 Å². The van der Waals surface area contributed by atoms with Crippen molar-refractivity contribution >= 4 is 33.1 Å². The maximum Gasteiger partial charge on any atom is 0.255 e. The molecule has 2 heterocycles. The van der Waals surface area contributed by atoms with Crippen LogP contribution in [0.1, 0.15) is 51.4 Å². The lowest BCUT2D eigenvalue weighted by atomic mass is 9.88. The van der Waals surface area contributed by atoms with Crippen LogP contribution in [-0.2, 0) is 22.9 Å². The van der Waals surface area contributed by atoms with Crippen molar-refractivity contribution in [2.45, 2.75) is 38.0 Å². The Labute approximate surface area is 181 Å². The number of rotatable bonds is 4. The number of carbonyl (C=O) groups excluding carboxylic acids is 2. The van der Waals surface area contributed by atoms with Crippen molar-refractivity contribution in [3.8, 4) is 0 Å². The van der Waals surface area contributed by atoms with Crippen LogP contribution >= 0.6 is 11.3 Å². The molecule has 6 nitrogen and oxygen atoms in total. The predicted molar refractivity (Wildman–Crippen MR) is 117 cm³/mol. The molecule has 0 spiro atoms. The topological polar surface area (TPSA) is 74.8 Å². The molecular formula is C22H26N2O4S2. The van der Waals surface area contributed by atoms with Crippen molar-refractivity contribution in [1.82, 2.24) is 9.21 Å². The van der Waals surface area contributed by atoms with Gasteiger partial charge in [-0.1, -0.05) is 19.1 Å². The number of piperazine rings is 1. The number of sulfonamides is 1. The van der Waals surface area contributed by atoms with Crippen LogP contribution in [-0.4, -0.2) is 55.5 Å². The minimum Gasteiger partial charge on any atom is -0.336 e. The summed E-state index contributed by atoms with van der Waals surface area (Å²) in [6, 6.07) is 6.02. The SMILES string of the molecule is CC(=O)c1ccc(S(=O)(=O)N2CCN(C(=O)c3csc4c3CC[C@H](C)C4)CC2)cc1. The van der Waals surface area contributed by atoms with Crippen molar-refractivity contribution in [2.24, 2.45) is 5.92 Å². The third kappa shape index (κ3) is 3.96. The first-order valence-corrected chi connectivity index (χ1v) is 12.6. The van der Waals surface area contributed by atoms with Gasteiger partial charge in [0.05, 0.1) is 10.5 Å². The maximum absolute atomic E-state index is 13.1. The fraction of sp³-hybridized carbons (Fsp3) is 0.455. The number of carbonyl (C=O) groups is 2. The zero-order valence-corrected chi connectivity index (χ0v) is 18.9. The number of nitrogens with zero attached hydrogens (tertiary/aromatic N) is 2. The molecule has 4 rings (SSSR count). The summed E-state index contributed by atoms with van der Waals surface area (Å²) in [4.78, 5) is 27.8. The molecule has 0 unspecified atom stereocenters. The molecular weight excluding hydrogens is 420 g/mol. The number of Topliss-reactive ketones (excluding diaryl/α,β-unsaturated/α-hetero) is 1. The highest BCUT2D eigenvalue weighted by atomic mass is 32.2. The molecule has 1 fully saturated rings. The normalized spacial score (nSPS) is 20.1. The Morgan fingerprint density at radius 3 is 2.37 bits per heavy atom. The Hall–Kier alpha value is -2.03. The highest BCUT2D eigenvalue weighted by Crippen LogP contribution is 2.33. The molecule has 8 heteroatoms. The maximum atomic E-state index is 13.1. The fourth-order valence-electron chi connectivity index (χ4n) is 4.17. The molecule has 160 valence electrons. The fourth-order valence-corrected chi connectivity index (χ4v) is 6.83. The summed E-state index contributed by atoms with van der Waals surface area (Å²) in [6.45, 7) is 5.00. The van der Waals surface area contributed by atoms with Gasteiger partial charge >= 0.3 is 0 Å². The Balaban J connectivity index is 1.43. The molecule has 1 aromatic heterocycles. The lowest BCUT2D eigenvalue weighted by Crippen LogP contribution is -2.50. The molecule has 0 saturated carbocycles. The second-order valence-electron chi connectivity index (χ2n) is 8.18. The largest absolute Gasteiger partial charge is 0.336 e. The minimum atomic E-state index is -3.64. The van der Waals surface area contributed by atoms with Gasteiger partial charge in [-0.15, -0.1) is 11.3 Å². The number of amides is 1. The second kappa shape index (κ2) is 8.24. The molecule has 30 heavy (non-hydrogen) atoms. The van der Waals surface area contributed by atoms with Gasteiger partial charge in [-0.05, 0) is 49.8 Å². The van der Waals surface area contributed by atoms with E-state index in [1.165, 1.54) is 45.9 Å². The number of benzene rings is 1. The predicted octanol–water partition coefficient (Wildman–Crippen LogP) is 3.22. The summed E-state index contributed by atoms with van der Waals surface area (Å²) >= 11 is 1.68. The highest BCUT2D eigenvalue weighted by molar-refractivity contribution is 7.89. The second-order valence-corrected chi connectivity index (χ2v) is 11.1. The molecule has 1 saturated heterocycles. The molecule has 0 bridgehead atoms. The van der Waals surface area contributed by atoms with Crippen molar-refractivity contribution in [1.29, 1.82) is 0 Å².